The summed E-state index contributed by atoms with van der Waals surface area (Å²) < 4.78 is 2.99. The van der Waals surface area contributed by atoms with Crippen LogP contribution in [0.1, 0.15) is 0 Å². The van der Waals surface area contributed by atoms with Gasteiger partial charge >= 0.3 is 0 Å². The van der Waals surface area contributed by atoms with Gasteiger partial charge in [-0.3, -0.25) is 4.79 Å². The number of anilines is 1. The van der Waals surface area contributed by atoms with Gasteiger partial charge in [0.1, 0.15) is 0 Å². The van der Waals surface area contributed by atoms with Gasteiger partial charge in [0, 0.05) is 20.9 Å². The normalized spacial score (nSPS) is 10.3. The second-order valence-corrected chi connectivity index (χ2v) is 6.44. The zero-order chi connectivity index (χ0) is 16.1. The summed E-state index contributed by atoms with van der Waals surface area (Å²) in [7, 11) is 0. The number of pyridine rings is 1. The molecule has 1 N–H and O–H groups in total. The molecular weight excluding hydrogens is 399 g/mol. The molecule has 3 aromatic rings. The van der Waals surface area contributed by atoms with Crippen LogP contribution in [0, 0.1) is 3.57 Å². The Morgan fingerprint density at radius 2 is 1.74 bits per heavy atom. The molecule has 0 saturated carbocycles. The zero-order valence-electron chi connectivity index (χ0n) is 12.4. The van der Waals surface area contributed by atoms with E-state index in [0.29, 0.717) is 0 Å². The number of aromatic nitrogens is 1. The fourth-order valence-corrected chi connectivity index (χ4v) is 2.90. The van der Waals surface area contributed by atoms with E-state index < -0.39 is 0 Å². The number of benzene rings is 2. The van der Waals surface area contributed by atoms with Crippen molar-refractivity contribution in [2.75, 3.05) is 5.32 Å². The van der Waals surface area contributed by atoms with Crippen molar-refractivity contribution < 1.29 is 9.36 Å². The third-order valence-corrected chi connectivity index (χ3v) is 4.07. The number of rotatable bonds is 4. The van der Waals surface area contributed by atoms with Crippen molar-refractivity contribution >= 4 is 34.2 Å². The Bertz CT molecular complexity index is 818. The number of carbonyl (C=O) groups excluding carboxylic acids is 1. The molecule has 0 aliphatic carbocycles. The van der Waals surface area contributed by atoms with Crippen molar-refractivity contribution in [1.82, 2.24) is 0 Å². The molecule has 0 aliphatic heterocycles. The number of carbonyl (C=O) groups is 1. The Labute approximate surface area is 149 Å². The molecule has 114 valence electrons. The van der Waals surface area contributed by atoms with Gasteiger partial charge in [-0.05, 0) is 52.4 Å². The lowest BCUT2D eigenvalue weighted by Crippen LogP contribution is -2.39. The van der Waals surface area contributed by atoms with Crippen LogP contribution in [0.15, 0.2) is 79.1 Å². The quantitative estimate of drug-likeness (QED) is 0.509. The van der Waals surface area contributed by atoms with E-state index in [9.17, 15) is 4.79 Å². The summed E-state index contributed by atoms with van der Waals surface area (Å²) in [4.78, 5) is 12.2. The fraction of sp³-hybridized carbons (Fsp3) is 0.0526. The van der Waals surface area contributed by atoms with E-state index in [-0.39, 0.29) is 12.5 Å². The predicted molar refractivity (Wildman–Crippen MR) is 99.9 cm³/mol. The number of amides is 1. The Morgan fingerprint density at radius 1 is 0.957 bits per heavy atom. The maximum absolute atomic E-state index is 12.2. The minimum absolute atomic E-state index is 0.0396. The van der Waals surface area contributed by atoms with Gasteiger partial charge in [-0.25, -0.2) is 0 Å². The van der Waals surface area contributed by atoms with Crippen LogP contribution in [0.25, 0.3) is 11.1 Å². The Morgan fingerprint density at radius 3 is 2.52 bits per heavy atom. The molecule has 1 aromatic heterocycles. The number of nitrogens with one attached hydrogen (secondary N) is 1. The highest BCUT2D eigenvalue weighted by molar-refractivity contribution is 14.1. The summed E-state index contributed by atoms with van der Waals surface area (Å²) in [6, 6.07) is 21.9. The van der Waals surface area contributed by atoms with Crippen LogP contribution in [0.4, 0.5) is 5.69 Å². The summed E-state index contributed by atoms with van der Waals surface area (Å²) in [6.07, 6.45) is 3.89. The minimum atomic E-state index is -0.0396. The van der Waals surface area contributed by atoms with Crippen LogP contribution < -0.4 is 9.88 Å². The summed E-state index contributed by atoms with van der Waals surface area (Å²) in [5.41, 5.74) is 3.05. The summed E-state index contributed by atoms with van der Waals surface area (Å²) in [5, 5.41) is 2.93. The van der Waals surface area contributed by atoms with E-state index in [1.54, 1.807) is 0 Å². The highest BCUT2D eigenvalue weighted by Crippen LogP contribution is 2.16. The molecule has 0 aliphatic rings. The maximum atomic E-state index is 12.2. The smallest absolute Gasteiger partial charge is 0.290 e. The minimum Gasteiger partial charge on any atom is -0.321 e. The Hall–Kier alpha value is -2.21. The lowest BCUT2D eigenvalue weighted by Gasteiger charge is -2.04. The fourth-order valence-electron chi connectivity index (χ4n) is 2.35. The maximum Gasteiger partial charge on any atom is 0.290 e. The van der Waals surface area contributed by atoms with Gasteiger partial charge in [0.15, 0.2) is 12.4 Å². The standard InChI is InChI=1S/C19H15IN2O/c20-17-9-4-10-18(12-17)21-19(23)14-22-11-5-8-16(13-22)15-6-2-1-3-7-15/h1-13H,14H2/p+1. The van der Waals surface area contributed by atoms with E-state index >= 15 is 0 Å². The molecule has 0 atom stereocenters. The first-order valence-electron chi connectivity index (χ1n) is 7.31. The van der Waals surface area contributed by atoms with Gasteiger partial charge in [0.05, 0.1) is 0 Å². The van der Waals surface area contributed by atoms with Gasteiger partial charge in [-0.2, -0.15) is 4.57 Å². The molecule has 0 radical (unpaired) electrons. The molecule has 3 rings (SSSR count). The predicted octanol–water partition coefficient (Wildman–Crippen LogP) is 3.88. The van der Waals surface area contributed by atoms with Crippen molar-refractivity contribution in [3.63, 3.8) is 0 Å². The molecule has 0 unspecified atom stereocenters. The summed E-state index contributed by atoms with van der Waals surface area (Å²) >= 11 is 2.23. The van der Waals surface area contributed by atoms with Crippen molar-refractivity contribution in [2.24, 2.45) is 0 Å². The average Bonchev–Trinajstić information content (AvgIpc) is 2.56. The highest BCUT2D eigenvalue weighted by Gasteiger charge is 2.11. The average molecular weight is 415 g/mol. The SMILES string of the molecule is O=C(C[n+]1cccc(-c2ccccc2)c1)Nc1cccc(I)c1. The van der Waals surface area contributed by atoms with Gasteiger partial charge in [0.2, 0.25) is 6.54 Å². The largest absolute Gasteiger partial charge is 0.321 e. The molecule has 0 fully saturated rings. The highest BCUT2D eigenvalue weighted by atomic mass is 127. The van der Waals surface area contributed by atoms with Crippen LogP contribution >= 0.6 is 22.6 Å². The van der Waals surface area contributed by atoms with Gasteiger partial charge in [-0.1, -0.05) is 36.4 Å². The molecule has 1 amide bonds. The number of hydrogen-bond donors (Lipinski definition) is 1. The third-order valence-electron chi connectivity index (χ3n) is 3.40. The van der Waals surface area contributed by atoms with Crippen LogP contribution in [-0.2, 0) is 11.3 Å². The van der Waals surface area contributed by atoms with E-state index in [0.717, 1.165) is 20.4 Å². The Kier molecular flexibility index (Phi) is 5.02. The molecule has 3 nitrogen and oxygen atoms in total. The number of halogens is 1. The lowest BCUT2D eigenvalue weighted by atomic mass is 10.1. The number of hydrogen-bond acceptors (Lipinski definition) is 1. The summed E-state index contributed by atoms with van der Waals surface area (Å²) in [6.45, 7) is 0.284. The van der Waals surface area contributed by atoms with E-state index in [2.05, 4.69) is 40.0 Å². The molecule has 2 aromatic carbocycles. The van der Waals surface area contributed by atoms with E-state index in [1.165, 1.54) is 0 Å². The molecule has 23 heavy (non-hydrogen) atoms. The first-order chi connectivity index (χ1) is 11.2. The topological polar surface area (TPSA) is 33.0 Å². The van der Waals surface area contributed by atoms with E-state index in [4.69, 9.17) is 0 Å². The molecule has 0 saturated heterocycles. The third kappa shape index (κ3) is 4.39. The number of nitrogens with zero attached hydrogens (tertiary/aromatic N) is 1. The zero-order valence-corrected chi connectivity index (χ0v) is 14.6. The second-order valence-electron chi connectivity index (χ2n) is 5.19. The second kappa shape index (κ2) is 7.37. The molecular formula is C19H16IN2O+. The Balaban J connectivity index is 1.72. The molecule has 1 heterocycles. The van der Waals surface area contributed by atoms with Crippen molar-refractivity contribution in [2.45, 2.75) is 6.54 Å². The lowest BCUT2D eigenvalue weighted by molar-refractivity contribution is -0.683. The monoisotopic (exact) mass is 415 g/mol. The van der Waals surface area contributed by atoms with E-state index in [1.807, 2.05) is 71.6 Å². The first-order valence-corrected chi connectivity index (χ1v) is 8.38. The molecule has 0 spiro atoms. The van der Waals surface area contributed by atoms with Crippen LogP contribution in [0.2, 0.25) is 0 Å². The molecule has 4 heteroatoms. The molecule has 0 bridgehead atoms. The van der Waals surface area contributed by atoms with Gasteiger partial charge in [0.25, 0.3) is 5.91 Å². The van der Waals surface area contributed by atoms with Crippen LogP contribution in [-0.4, -0.2) is 5.91 Å². The van der Waals surface area contributed by atoms with Crippen molar-refractivity contribution in [1.29, 1.82) is 0 Å². The van der Waals surface area contributed by atoms with Gasteiger partial charge in [-0.15, -0.1) is 0 Å². The van der Waals surface area contributed by atoms with Gasteiger partial charge < -0.3 is 5.32 Å². The van der Waals surface area contributed by atoms with Crippen LogP contribution in [0.3, 0.4) is 0 Å². The van der Waals surface area contributed by atoms with Crippen LogP contribution in [0.5, 0.6) is 0 Å². The van der Waals surface area contributed by atoms with Crippen molar-refractivity contribution in [3.8, 4) is 11.1 Å². The van der Waals surface area contributed by atoms with Crippen molar-refractivity contribution in [3.05, 3.63) is 82.7 Å². The summed E-state index contributed by atoms with van der Waals surface area (Å²) in [5.74, 6) is -0.0396. The first kappa shape index (κ1) is 15.7.